The van der Waals surface area contributed by atoms with Crippen LogP contribution in [0.2, 0.25) is 0 Å². The normalized spacial score (nSPS) is 13.3. The molecule has 42 heavy (non-hydrogen) atoms. The molecule has 4 amide bonds. The Bertz CT molecular complexity index is 1270. The molecule has 1 aliphatic carbocycles. The summed E-state index contributed by atoms with van der Waals surface area (Å²) in [7, 11) is 0. The first kappa shape index (κ1) is 32.0. The first-order chi connectivity index (χ1) is 20.0. The predicted molar refractivity (Wildman–Crippen MR) is 156 cm³/mol. The average Bonchev–Trinajstić information content (AvgIpc) is 2.96. The maximum atomic E-state index is 13.2. The fraction of sp³-hybridized carbons (Fsp3) is 0.357. The van der Waals surface area contributed by atoms with Crippen LogP contribution < -0.4 is 44.2 Å². The largest absolute Gasteiger partial charge is 0.354 e. The van der Waals surface area contributed by atoms with Gasteiger partial charge in [0, 0.05) is 59.6 Å². The monoisotopic (exact) mass is 580 g/mol. The second-order valence-corrected chi connectivity index (χ2v) is 9.73. The quantitative estimate of drug-likeness (QED) is 0.112. The molecule has 1 aliphatic rings. The van der Waals surface area contributed by atoms with Gasteiger partial charge >= 0.3 is 0 Å². The molecule has 2 aromatic rings. The number of amides is 4. The molecular formula is C28H36N8O6. The first-order valence-electron chi connectivity index (χ1n) is 13.5. The summed E-state index contributed by atoms with van der Waals surface area (Å²) in [6.45, 7) is 0.668. The highest BCUT2D eigenvalue weighted by Crippen LogP contribution is 2.31. The molecule has 0 aromatic heterocycles. The summed E-state index contributed by atoms with van der Waals surface area (Å²) in [6, 6.07) is 7.26. The minimum Gasteiger partial charge on any atom is -0.354 e. The van der Waals surface area contributed by atoms with Crippen molar-refractivity contribution in [3.8, 4) is 0 Å². The summed E-state index contributed by atoms with van der Waals surface area (Å²) in [5.41, 5.74) is 23.3. The summed E-state index contributed by atoms with van der Waals surface area (Å²) in [5, 5.41) is 10.4. The van der Waals surface area contributed by atoms with Gasteiger partial charge in [-0.2, -0.15) is 0 Å². The molecule has 3 rings (SSSR count). The van der Waals surface area contributed by atoms with Crippen LogP contribution in [0.4, 0.5) is 11.4 Å². The minimum absolute atomic E-state index is 0.0312. The van der Waals surface area contributed by atoms with E-state index in [0.29, 0.717) is 24.2 Å². The van der Waals surface area contributed by atoms with Gasteiger partial charge in [0.05, 0.1) is 12.1 Å². The number of ketones is 2. The fourth-order valence-corrected chi connectivity index (χ4v) is 4.23. The zero-order valence-corrected chi connectivity index (χ0v) is 23.0. The molecule has 12 N–H and O–H groups in total. The molecule has 0 aliphatic heterocycles. The summed E-state index contributed by atoms with van der Waals surface area (Å²) >= 11 is 0. The van der Waals surface area contributed by atoms with E-state index >= 15 is 0 Å². The van der Waals surface area contributed by atoms with Crippen molar-refractivity contribution in [3.05, 3.63) is 58.7 Å². The van der Waals surface area contributed by atoms with E-state index in [0.717, 1.165) is 0 Å². The zero-order valence-electron chi connectivity index (χ0n) is 23.0. The van der Waals surface area contributed by atoms with Crippen molar-refractivity contribution in [3.63, 3.8) is 0 Å². The van der Waals surface area contributed by atoms with Gasteiger partial charge in [-0.3, -0.25) is 28.8 Å². The Morgan fingerprint density at radius 2 is 1.00 bits per heavy atom. The minimum atomic E-state index is -0.747. The van der Waals surface area contributed by atoms with E-state index in [2.05, 4.69) is 21.3 Å². The Balaban J connectivity index is 1.59. The summed E-state index contributed by atoms with van der Waals surface area (Å²) < 4.78 is 0. The maximum absolute atomic E-state index is 13.2. The SMILES string of the molecule is NCCC(N)C(=O)NCCC(=O)Nc1ccc2c(c1)C(=O)c1ccc(NC(=O)CCNC(=O)C(N)CCN)cc1C2=O. The van der Waals surface area contributed by atoms with Crippen LogP contribution in [0.3, 0.4) is 0 Å². The van der Waals surface area contributed by atoms with Crippen molar-refractivity contribution >= 4 is 46.6 Å². The number of rotatable bonds is 14. The van der Waals surface area contributed by atoms with E-state index < -0.39 is 47.3 Å². The molecule has 0 radical (unpaired) electrons. The molecule has 224 valence electrons. The van der Waals surface area contributed by atoms with E-state index in [1.807, 2.05) is 0 Å². The molecule has 2 unspecified atom stereocenters. The van der Waals surface area contributed by atoms with Crippen LogP contribution in [-0.2, 0) is 19.2 Å². The molecule has 0 saturated heterocycles. The van der Waals surface area contributed by atoms with Gasteiger partial charge in [-0.1, -0.05) is 0 Å². The Labute approximate surface area is 242 Å². The molecule has 2 aromatic carbocycles. The van der Waals surface area contributed by atoms with Gasteiger partial charge < -0.3 is 44.2 Å². The Morgan fingerprint density at radius 3 is 1.36 bits per heavy atom. The van der Waals surface area contributed by atoms with E-state index in [-0.39, 0.29) is 61.3 Å². The zero-order chi connectivity index (χ0) is 30.8. The van der Waals surface area contributed by atoms with Crippen molar-refractivity contribution in [2.45, 2.75) is 37.8 Å². The van der Waals surface area contributed by atoms with Gasteiger partial charge in [0.25, 0.3) is 0 Å². The molecule has 0 heterocycles. The number of nitrogens with one attached hydrogen (secondary N) is 4. The lowest BCUT2D eigenvalue weighted by Gasteiger charge is -2.19. The van der Waals surface area contributed by atoms with E-state index in [4.69, 9.17) is 22.9 Å². The maximum Gasteiger partial charge on any atom is 0.236 e. The third kappa shape index (κ3) is 8.27. The van der Waals surface area contributed by atoms with Crippen LogP contribution in [0, 0.1) is 0 Å². The first-order valence-corrected chi connectivity index (χ1v) is 13.5. The molecule has 0 bridgehead atoms. The Morgan fingerprint density at radius 1 is 0.619 bits per heavy atom. The van der Waals surface area contributed by atoms with Crippen molar-refractivity contribution < 1.29 is 28.8 Å². The van der Waals surface area contributed by atoms with Crippen LogP contribution in [0.5, 0.6) is 0 Å². The topological polar surface area (TPSA) is 255 Å². The van der Waals surface area contributed by atoms with Gasteiger partial charge in [-0.25, -0.2) is 0 Å². The third-order valence-corrected chi connectivity index (χ3v) is 6.52. The predicted octanol–water partition coefficient (Wildman–Crippen LogP) is -1.30. The highest BCUT2D eigenvalue weighted by molar-refractivity contribution is 6.29. The number of anilines is 2. The van der Waals surface area contributed by atoms with Crippen LogP contribution in [0.15, 0.2) is 36.4 Å². The van der Waals surface area contributed by atoms with Gasteiger partial charge in [0.1, 0.15) is 0 Å². The number of hydrogen-bond acceptors (Lipinski definition) is 10. The van der Waals surface area contributed by atoms with Crippen LogP contribution >= 0.6 is 0 Å². The molecule has 2 atom stereocenters. The standard InChI is InChI=1S/C28H36N8O6/c29-9-5-21(31)27(41)33-11-7-23(37)35-15-1-3-17-19(13-15)26(40)18-4-2-16(14-20(18)25(17)39)36-24(38)8-12-34-28(42)22(32)6-10-30/h1-4,13-14,21-22H,5-12,29-32H2,(H,33,41)(H,34,42)(H,35,37)(H,36,38). The van der Waals surface area contributed by atoms with Gasteiger partial charge in [0.2, 0.25) is 23.6 Å². The molecule has 0 saturated carbocycles. The lowest BCUT2D eigenvalue weighted by Crippen LogP contribution is -2.42. The van der Waals surface area contributed by atoms with E-state index in [1.54, 1.807) is 0 Å². The lowest BCUT2D eigenvalue weighted by atomic mass is 9.83. The molecule has 14 heteroatoms. The Hall–Kier alpha value is -4.50. The number of benzene rings is 2. The van der Waals surface area contributed by atoms with Crippen LogP contribution in [-0.4, -0.2) is 73.5 Å². The molecule has 0 fully saturated rings. The summed E-state index contributed by atoms with van der Waals surface area (Å²) in [5.74, 6) is -2.44. The number of carbonyl (C=O) groups excluding carboxylic acids is 6. The smallest absolute Gasteiger partial charge is 0.236 e. The summed E-state index contributed by atoms with van der Waals surface area (Å²) in [4.78, 5) is 74.8. The van der Waals surface area contributed by atoms with Crippen molar-refractivity contribution in [1.82, 2.24) is 10.6 Å². The molecular weight excluding hydrogens is 544 g/mol. The molecule has 14 nitrogen and oxygen atoms in total. The number of carbonyl (C=O) groups is 6. The average molecular weight is 581 g/mol. The summed E-state index contributed by atoms with van der Waals surface area (Å²) in [6.07, 6.45) is 0.589. The van der Waals surface area contributed by atoms with Gasteiger partial charge in [0.15, 0.2) is 11.6 Å². The molecule has 0 spiro atoms. The van der Waals surface area contributed by atoms with Gasteiger partial charge in [-0.15, -0.1) is 0 Å². The second kappa shape index (κ2) is 14.9. The Kier molecular flexibility index (Phi) is 11.4. The second-order valence-electron chi connectivity index (χ2n) is 9.73. The highest BCUT2D eigenvalue weighted by atomic mass is 16.2. The van der Waals surface area contributed by atoms with Crippen LogP contribution in [0.25, 0.3) is 0 Å². The van der Waals surface area contributed by atoms with Crippen molar-refractivity contribution in [2.24, 2.45) is 22.9 Å². The van der Waals surface area contributed by atoms with Crippen LogP contribution in [0.1, 0.15) is 57.5 Å². The van der Waals surface area contributed by atoms with E-state index in [1.165, 1.54) is 36.4 Å². The number of hydrogen-bond donors (Lipinski definition) is 8. The van der Waals surface area contributed by atoms with E-state index in [9.17, 15) is 28.8 Å². The van der Waals surface area contributed by atoms with Crippen molar-refractivity contribution in [1.29, 1.82) is 0 Å². The highest BCUT2D eigenvalue weighted by Gasteiger charge is 2.30. The number of fused-ring (bicyclic) bond motifs is 2. The fourth-order valence-electron chi connectivity index (χ4n) is 4.23. The van der Waals surface area contributed by atoms with Gasteiger partial charge in [-0.05, 0) is 62.3 Å². The lowest BCUT2D eigenvalue weighted by molar-refractivity contribution is -0.123. The number of nitrogens with two attached hydrogens (primary N) is 4. The van der Waals surface area contributed by atoms with Crippen molar-refractivity contribution in [2.75, 3.05) is 36.8 Å². The third-order valence-electron chi connectivity index (χ3n) is 6.52.